The molecule has 0 saturated carbocycles. The fraction of sp³-hybridized carbons (Fsp3) is 0.316. The van der Waals surface area contributed by atoms with Crippen LogP contribution in [0.25, 0.3) is 11.5 Å². The largest absolute Gasteiger partial charge is 0.493 e. The van der Waals surface area contributed by atoms with Gasteiger partial charge >= 0.3 is 0 Å². The highest BCUT2D eigenvalue weighted by Crippen LogP contribution is 2.32. The van der Waals surface area contributed by atoms with Crippen molar-refractivity contribution in [2.75, 3.05) is 13.2 Å². The van der Waals surface area contributed by atoms with Crippen LogP contribution >= 0.6 is 0 Å². The number of amides is 1. The molecule has 134 valence electrons. The van der Waals surface area contributed by atoms with Gasteiger partial charge in [0.1, 0.15) is 11.5 Å². The number of hydrogen-bond acceptors (Lipinski definition) is 6. The lowest BCUT2D eigenvalue weighted by Gasteiger charge is -2.13. The molecule has 3 heterocycles. The van der Waals surface area contributed by atoms with Crippen LogP contribution in [0.15, 0.2) is 51.6 Å². The topological polar surface area (TPSA) is 81.6 Å². The number of likely N-dealkylation sites (tertiary alicyclic amines) is 1. The monoisotopic (exact) mass is 353 g/mol. The number of rotatable bonds is 6. The maximum Gasteiger partial charge on any atom is 0.261 e. The fourth-order valence-corrected chi connectivity index (χ4v) is 3.12. The number of carbonyl (C=O) groups excluding carboxylic acids is 1. The first-order valence-corrected chi connectivity index (χ1v) is 8.60. The van der Waals surface area contributed by atoms with E-state index in [9.17, 15) is 4.79 Å². The van der Waals surface area contributed by atoms with E-state index in [0.717, 1.165) is 11.3 Å². The van der Waals surface area contributed by atoms with Crippen molar-refractivity contribution in [1.82, 2.24) is 15.0 Å². The Morgan fingerprint density at radius 3 is 2.96 bits per heavy atom. The molecule has 0 aliphatic carbocycles. The summed E-state index contributed by atoms with van der Waals surface area (Å²) in [6.07, 6.45) is 1.97. The summed E-state index contributed by atoms with van der Waals surface area (Å²) >= 11 is 0. The molecule has 26 heavy (non-hydrogen) atoms. The van der Waals surface area contributed by atoms with Crippen molar-refractivity contribution >= 4 is 5.91 Å². The predicted octanol–water partition coefficient (Wildman–Crippen LogP) is 3.24. The van der Waals surface area contributed by atoms with E-state index in [1.54, 1.807) is 11.2 Å². The molecule has 1 saturated heterocycles. The quantitative estimate of drug-likeness (QED) is 0.677. The third-order valence-electron chi connectivity index (χ3n) is 4.37. The Hall–Kier alpha value is -3.09. The maximum atomic E-state index is 12.3. The molecular formula is C19H19N3O4. The summed E-state index contributed by atoms with van der Waals surface area (Å²) in [6.45, 7) is 3.48. The molecule has 2 aromatic heterocycles. The van der Waals surface area contributed by atoms with Crippen LogP contribution in [0.1, 0.15) is 30.8 Å². The number of nitrogens with zero attached hydrogens (tertiary/aromatic N) is 3. The van der Waals surface area contributed by atoms with Crippen molar-refractivity contribution in [1.29, 1.82) is 0 Å². The summed E-state index contributed by atoms with van der Waals surface area (Å²) in [5, 5.41) is 4.10. The van der Waals surface area contributed by atoms with Gasteiger partial charge in [-0.2, -0.15) is 4.98 Å². The van der Waals surface area contributed by atoms with Crippen LogP contribution in [-0.2, 0) is 11.3 Å². The number of para-hydroxylation sites is 1. The lowest BCUT2D eigenvalue weighted by Crippen LogP contribution is -2.24. The van der Waals surface area contributed by atoms with E-state index < -0.39 is 0 Å². The van der Waals surface area contributed by atoms with E-state index in [-0.39, 0.29) is 11.8 Å². The summed E-state index contributed by atoms with van der Waals surface area (Å²) in [5.74, 6) is 2.38. The molecule has 7 heteroatoms. The minimum Gasteiger partial charge on any atom is -0.493 e. The number of aromatic nitrogens is 2. The molecule has 1 aliphatic heterocycles. The Labute approximate surface area is 150 Å². The number of carbonyl (C=O) groups is 1. The van der Waals surface area contributed by atoms with Crippen molar-refractivity contribution in [3.63, 3.8) is 0 Å². The number of benzene rings is 1. The smallest absolute Gasteiger partial charge is 0.261 e. The highest BCUT2D eigenvalue weighted by molar-refractivity contribution is 5.79. The fourth-order valence-electron chi connectivity index (χ4n) is 3.12. The molecule has 4 rings (SSSR count). The van der Waals surface area contributed by atoms with Gasteiger partial charge in [-0.25, -0.2) is 0 Å². The minimum atomic E-state index is -0.0887. The van der Waals surface area contributed by atoms with Crippen molar-refractivity contribution in [2.24, 2.45) is 0 Å². The van der Waals surface area contributed by atoms with Crippen LogP contribution in [0, 0.1) is 0 Å². The van der Waals surface area contributed by atoms with Crippen molar-refractivity contribution in [2.45, 2.75) is 25.8 Å². The first-order valence-electron chi connectivity index (χ1n) is 8.60. The van der Waals surface area contributed by atoms with Gasteiger partial charge in [-0.1, -0.05) is 17.3 Å². The average Bonchev–Trinajstić information content (AvgIpc) is 3.38. The molecule has 0 radical (unpaired) electrons. The first kappa shape index (κ1) is 16.4. The molecule has 0 bridgehead atoms. The Morgan fingerprint density at radius 2 is 2.15 bits per heavy atom. The number of hydrogen-bond donors (Lipinski definition) is 0. The second-order valence-electron chi connectivity index (χ2n) is 6.14. The minimum absolute atomic E-state index is 0.0625. The van der Waals surface area contributed by atoms with Crippen LogP contribution < -0.4 is 4.74 Å². The van der Waals surface area contributed by atoms with Gasteiger partial charge in [-0.15, -0.1) is 0 Å². The Balaban J connectivity index is 1.51. The van der Waals surface area contributed by atoms with Gasteiger partial charge in [-0.3, -0.25) is 4.79 Å². The normalized spacial score (nSPS) is 17.0. The zero-order chi connectivity index (χ0) is 17.9. The van der Waals surface area contributed by atoms with Gasteiger partial charge in [0.05, 0.1) is 25.0 Å². The van der Waals surface area contributed by atoms with E-state index in [2.05, 4.69) is 10.1 Å². The molecular weight excluding hydrogens is 334 g/mol. The molecule has 1 aliphatic rings. The van der Waals surface area contributed by atoms with Crippen LogP contribution in [0.2, 0.25) is 0 Å². The summed E-state index contributed by atoms with van der Waals surface area (Å²) < 4.78 is 16.4. The zero-order valence-electron chi connectivity index (χ0n) is 14.4. The molecule has 0 spiro atoms. The third-order valence-corrected chi connectivity index (χ3v) is 4.37. The predicted molar refractivity (Wildman–Crippen MR) is 92.4 cm³/mol. The van der Waals surface area contributed by atoms with Gasteiger partial charge in [0.25, 0.3) is 5.89 Å². The summed E-state index contributed by atoms with van der Waals surface area (Å²) in [7, 11) is 0. The second kappa shape index (κ2) is 7.03. The first-order chi connectivity index (χ1) is 12.7. The molecule has 3 aromatic rings. The molecule has 1 fully saturated rings. The molecule has 7 nitrogen and oxygen atoms in total. The van der Waals surface area contributed by atoms with Crippen molar-refractivity contribution in [3.8, 4) is 17.2 Å². The number of furan rings is 1. The SMILES string of the molecule is CCOc1ccccc1-c1nc(C2CC(=O)N(Cc3ccco3)C2)no1. The molecule has 1 aromatic carbocycles. The lowest BCUT2D eigenvalue weighted by molar-refractivity contribution is -0.128. The summed E-state index contributed by atoms with van der Waals surface area (Å²) in [6, 6.07) is 11.2. The molecule has 1 atom stereocenters. The van der Waals surface area contributed by atoms with E-state index in [4.69, 9.17) is 13.7 Å². The van der Waals surface area contributed by atoms with E-state index in [1.807, 2.05) is 43.3 Å². The summed E-state index contributed by atoms with van der Waals surface area (Å²) in [5.41, 5.74) is 0.755. The highest BCUT2D eigenvalue weighted by atomic mass is 16.5. The Morgan fingerprint density at radius 1 is 1.27 bits per heavy atom. The summed E-state index contributed by atoms with van der Waals surface area (Å²) in [4.78, 5) is 18.5. The number of ether oxygens (including phenoxy) is 1. The second-order valence-corrected chi connectivity index (χ2v) is 6.14. The van der Waals surface area contributed by atoms with Crippen LogP contribution in [0.5, 0.6) is 5.75 Å². The molecule has 1 amide bonds. The average molecular weight is 353 g/mol. The van der Waals surface area contributed by atoms with Gasteiger partial charge in [-0.05, 0) is 31.2 Å². The Kier molecular flexibility index (Phi) is 4.43. The van der Waals surface area contributed by atoms with Crippen LogP contribution in [0.4, 0.5) is 0 Å². The lowest BCUT2D eigenvalue weighted by atomic mass is 10.1. The maximum absolute atomic E-state index is 12.3. The van der Waals surface area contributed by atoms with Gasteiger partial charge in [0.2, 0.25) is 5.91 Å². The van der Waals surface area contributed by atoms with E-state index in [0.29, 0.717) is 43.6 Å². The third kappa shape index (κ3) is 3.20. The van der Waals surface area contributed by atoms with E-state index >= 15 is 0 Å². The Bertz CT molecular complexity index is 888. The van der Waals surface area contributed by atoms with Crippen molar-refractivity contribution in [3.05, 3.63) is 54.2 Å². The molecule has 0 N–H and O–H groups in total. The van der Waals surface area contributed by atoms with Gasteiger partial charge in [0.15, 0.2) is 5.82 Å². The van der Waals surface area contributed by atoms with Crippen LogP contribution in [0.3, 0.4) is 0 Å². The highest BCUT2D eigenvalue weighted by Gasteiger charge is 2.34. The van der Waals surface area contributed by atoms with E-state index in [1.165, 1.54) is 0 Å². The zero-order valence-corrected chi connectivity index (χ0v) is 14.4. The van der Waals surface area contributed by atoms with Crippen LogP contribution in [-0.4, -0.2) is 34.1 Å². The molecule has 1 unspecified atom stereocenters. The van der Waals surface area contributed by atoms with Crippen molar-refractivity contribution < 1.29 is 18.5 Å². The van der Waals surface area contributed by atoms with Gasteiger partial charge < -0.3 is 18.6 Å². The van der Waals surface area contributed by atoms with Gasteiger partial charge in [0, 0.05) is 18.9 Å². The standard InChI is InChI=1S/C19H19N3O4/c1-2-24-16-8-4-3-7-15(16)19-20-18(21-26-19)13-10-17(23)22(11-13)12-14-6-5-9-25-14/h3-9,13H,2,10-12H2,1H3.